The Morgan fingerprint density at radius 2 is 1.40 bits per heavy atom. The number of thioether (sulfide) groups is 2. The molecule has 1 aliphatic rings. The lowest BCUT2D eigenvalue weighted by atomic mass is 10.3. The molecule has 2 atom stereocenters. The van der Waals surface area contributed by atoms with Crippen molar-refractivity contribution in [3.05, 3.63) is 13.8 Å². The summed E-state index contributed by atoms with van der Waals surface area (Å²) in [7, 11) is 0. The molecule has 4 radical (unpaired) electrons. The Balaban J connectivity index is 2.17. The minimum Gasteiger partial charge on any atom is -0.157 e. The molecule has 1 saturated heterocycles. The van der Waals surface area contributed by atoms with E-state index in [0.29, 0.717) is 10.5 Å². The molecule has 1 aliphatic heterocycles. The van der Waals surface area contributed by atoms with E-state index in [4.69, 9.17) is 13.8 Å². The second-order valence-corrected chi connectivity index (χ2v) is 5.05. The first kappa shape index (κ1) is 8.79. The summed E-state index contributed by atoms with van der Waals surface area (Å²) in [5.74, 6) is 2.37. The lowest BCUT2D eigenvalue weighted by molar-refractivity contribution is 0.924. The lowest BCUT2D eigenvalue weighted by Gasteiger charge is -2.25. The molecule has 0 amide bonds. The Morgan fingerprint density at radius 1 is 1.00 bits per heavy atom. The first-order valence-electron chi connectivity index (χ1n) is 3.50. The zero-order valence-corrected chi connectivity index (χ0v) is 7.59. The van der Waals surface area contributed by atoms with E-state index in [-0.39, 0.29) is 0 Å². The van der Waals surface area contributed by atoms with Gasteiger partial charge in [-0.25, -0.2) is 0 Å². The largest absolute Gasteiger partial charge is 0.157 e. The molecule has 0 aromatic carbocycles. The van der Waals surface area contributed by atoms with Gasteiger partial charge in [0.05, 0.1) is 0 Å². The number of hydrogen-bond acceptors (Lipinski definition) is 2. The molecule has 0 aromatic rings. The summed E-state index contributed by atoms with van der Waals surface area (Å²) in [4.78, 5) is 0. The Labute approximate surface area is 72.5 Å². The fourth-order valence-corrected chi connectivity index (χ4v) is 3.61. The van der Waals surface area contributed by atoms with Crippen LogP contribution >= 0.6 is 23.5 Å². The molecular formula is C8H12S2. The van der Waals surface area contributed by atoms with Crippen molar-refractivity contribution >= 4 is 23.5 Å². The lowest BCUT2D eigenvalue weighted by Crippen LogP contribution is -2.19. The van der Waals surface area contributed by atoms with Gasteiger partial charge >= 0.3 is 0 Å². The van der Waals surface area contributed by atoms with Crippen molar-refractivity contribution in [1.29, 1.82) is 0 Å². The fourth-order valence-electron chi connectivity index (χ4n) is 0.855. The predicted molar refractivity (Wildman–Crippen MR) is 50.3 cm³/mol. The maximum absolute atomic E-state index is 5.52. The van der Waals surface area contributed by atoms with Gasteiger partial charge in [0.15, 0.2) is 0 Å². The monoisotopic (exact) mass is 172 g/mol. The van der Waals surface area contributed by atoms with Crippen LogP contribution in [0.5, 0.6) is 0 Å². The Kier molecular flexibility index (Phi) is 4.00. The quantitative estimate of drug-likeness (QED) is 0.627. The first-order valence-corrected chi connectivity index (χ1v) is 5.60. The highest BCUT2D eigenvalue weighted by Crippen LogP contribution is 2.32. The Bertz CT molecular complexity index is 73.3. The summed E-state index contributed by atoms with van der Waals surface area (Å²) in [5.41, 5.74) is 0. The summed E-state index contributed by atoms with van der Waals surface area (Å²) >= 11 is 3.94. The van der Waals surface area contributed by atoms with Gasteiger partial charge in [-0.1, -0.05) is 0 Å². The topological polar surface area (TPSA) is 0 Å². The van der Waals surface area contributed by atoms with Gasteiger partial charge in [-0.2, -0.15) is 23.5 Å². The van der Waals surface area contributed by atoms with Crippen LogP contribution in [0.4, 0.5) is 0 Å². The molecule has 2 heteroatoms. The van der Waals surface area contributed by atoms with Crippen LogP contribution in [0.15, 0.2) is 0 Å². The highest BCUT2D eigenvalue weighted by molar-refractivity contribution is 8.07. The fraction of sp³-hybridized carbons (Fsp3) is 0.750. The SMILES string of the molecule is [CH]CC1CSC(C[CH])CS1. The molecule has 2 unspecified atom stereocenters. The molecule has 56 valence electrons. The van der Waals surface area contributed by atoms with Gasteiger partial charge in [0, 0.05) is 22.0 Å². The smallest absolute Gasteiger partial charge is 0.0141 e. The highest BCUT2D eigenvalue weighted by Gasteiger charge is 2.18. The van der Waals surface area contributed by atoms with E-state index in [9.17, 15) is 0 Å². The van der Waals surface area contributed by atoms with E-state index in [1.807, 2.05) is 23.5 Å². The maximum Gasteiger partial charge on any atom is 0.0141 e. The van der Waals surface area contributed by atoms with Gasteiger partial charge in [0.2, 0.25) is 0 Å². The maximum atomic E-state index is 5.52. The minimum absolute atomic E-state index is 0.674. The third-order valence-electron chi connectivity index (χ3n) is 1.56. The average molecular weight is 172 g/mol. The van der Waals surface area contributed by atoms with E-state index in [2.05, 4.69) is 0 Å². The molecule has 1 rings (SSSR count). The van der Waals surface area contributed by atoms with E-state index < -0.39 is 0 Å². The van der Waals surface area contributed by atoms with Crippen LogP contribution in [-0.2, 0) is 0 Å². The summed E-state index contributed by atoms with van der Waals surface area (Å²) in [6.07, 6.45) is 1.63. The molecule has 0 aromatic heterocycles. The van der Waals surface area contributed by atoms with Crippen molar-refractivity contribution in [2.45, 2.75) is 23.3 Å². The van der Waals surface area contributed by atoms with Crippen molar-refractivity contribution in [3.63, 3.8) is 0 Å². The Hall–Kier alpha value is 0.700. The summed E-state index contributed by atoms with van der Waals surface area (Å²) < 4.78 is 0. The van der Waals surface area contributed by atoms with Crippen LogP contribution in [0.2, 0.25) is 0 Å². The molecule has 0 aliphatic carbocycles. The van der Waals surface area contributed by atoms with E-state index in [0.717, 1.165) is 12.8 Å². The second kappa shape index (κ2) is 4.55. The highest BCUT2D eigenvalue weighted by atomic mass is 32.2. The van der Waals surface area contributed by atoms with Crippen LogP contribution in [0.25, 0.3) is 0 Å². The zero-order valence-electron chi connectivity index (χ0n) is 5.95. The van der Waals surface area contributed by atoms with Crippen LogP contribution < -0.4 is 0 Å². The molecule has 0 N–H and O–H groups in total. The van der Waals surface area contributed by atoms with Crippen molar-refractivity contribution in [2.24, 2.45) is 0 Å². The van der Waals surface area contributed by atoms with Gasteiger partial charge in [-0.05, 0) is 26.7 Å². The van der Waals surface area contributed by atoms with Crippen LogP contribution in [0.1, 0.15) is 12.8 Å². The van der Waals surface area contributed by atoms with Gasteiger partial charge in [0.25, 0.3) is 0 Å². The third-order valence-corrected chi connectivity index (χ3v) is 4.83. The third kappa shape index (κ3) is 2.39. The van der Waals surface area contributed by atoms with Gasteiger partial charge in [-0.15, -0.1) is 0 Å². The molecular weight excluding hydrogens is 160 g/mol. The van der Waals surface area contributed by atoms with Gasteiger partial charge in [-0.3, -0.25) is 0 Å². The number of hydrogen-bond donors (Lipinski definition) is 0. The normalized spacial score (nSPS) is 34.2. The van der Waals surface area contributed by atoms with Crippen LogP contribution in [-0.4, -0.2) is 22.0 Å². The van der Waals surface area contributed by atoms with Gasteiger partial charge in [0.1, 0.15) is 0 Å². The molecule has 0 saturated carbocycles. The summed E-state index contributed by atoms with van der Waals surface area (Å²) in [5, 5.41) is 1.35. The molecule has 1 fully saturated rings. The average Bonchev–Trinajstić information content (AvgIpc) is 2.05. The van der Waals surface area contributed by atoms with E-state index >= 15 is 0 Å². The summed E-state index contributed by atoms with van der Waals surface area (Å²) in [6.45, 7) is 11.0. The minimum atomic E-state index is 0.674. The van der Waals surface area contributed by atoms with Crippen LogP contribution in [0, 0.1) is 13.8 Å². The molecule has 10 heavy (non-hydrogen) atoms. The van der Waals surface area contributed by atoms with Crippen LogP contribution in [0.3, 0.4) is 0 Å². The van der Waals surface area contributed by atoms with E-state index in [1.54, 1.807) is 0 Å². The molecule has 0 spiro atoms. The predicted octanol–water partition coefficient (Wildman–Crippen LogP) is 2.41. The van der Waals surface area contributed by atoms with E-state index in [1.165, 1.54) is 11.5 Å². The first-order chi connectivity index (χ1) is 4.86. The summed E-state index contributed by atoms with van der Waals surface area (Å²) in [6, 6.07) is 0. The van der Waals surface area contributed by atoms with Crippen molar-refractivity contribution in [1.82, 2.24) is 0 Å². The number of rotatable bonds is 2. The van der Waals surface area contributed by atoms with Crippen molar-refractivity contribution < 1.29 is 0 Å². The molecule has 0 nitrogen and oxygen atoms in total. The second-order valence-electron chi connectivity index (χ2n) is 2.38. The molecule has 0 bridgehead atoms. The molecule has 1 heterocycles. The van der Waals surface area contributed by atoms with Crippen molar-refractivity contribution in [3.8, 4) is 0 Å². The van der Waals surface area contributed by atoms with Gasteiger partial charge < -0.3 is 0 Å². The Morgan fingerprint density at radius 3 is 1.60 bits per heavy atom. The zero-order chi connectivity index (χ0) is 7.40. The van der Waals surface area contributed by atoms with Crippen molar-refractivity contribution in [2.75, 3.05) is 11.5 Å². The standard InChI is InChI=1S/C8H12S2/c1-3-7-5-10-8(4-2)6-9-7/h1-2,7-8H,3-6H2.